The highest BCUT2D eigenvalue weighted by Gasteiger charge is 2.14. The van der Waals surface area contributed by atoms with Crippen LogP contribution in [-0.4, -0.2) is 18.0 Å². The topological polar surface area (TPSA) is 78.7 Å². The Morgan fingerprint density at radius 2 is 1.88 bits per heavy atom. The normalized spacial score (nSPS) is 11.6. The third kappa shape index (κ3) is 4.52. The van der Waals surface area contributed by atoms with E-state index in [-0.39, 0.29) is 23.3 Å². The Hall–Kier alpha value is -2.96. The van der Waals surface area contributed by atoms with Gasteiger partial charge in [0, 0.05) is 6.07 Å². The molecule has 0 saturated carbocycles. The minimum absolute atomic E-state index is 0.0392. The fourth-order valence-corrected chi connectivity index (χ4v) is 2.18. The van der Waals surface area contributed by atoms with Crippen molar-refractivity contribution >= 4 is 11.7 Å². The minimum Gasteiger partial charge on any atom is -0.469 e. The summed E-state index contributed by atoms with van der Waals surface area (Å²) in [5.74, 6) is -0.862. The molecule has 0 N–H and O–H groups in total. The van der Waals surface area contributed by atoms with Crippen LogP contribution in [0.15, 0.2) is 42.5 Å². The molecule has 0 aliphatic rings. The van der Waals surface area contributed by atoms with Gasteiger partial charge in [-0.15, -0.1) is 0 Å². The van der Waals surface area contributed by atoms with Crippen LogP contribution in [0.2, 0.25) is 0 Å². The van der Waals surface area contributed by atoms with Crippen LogP contribution >= 0.6 is 0 Å². The molecule has 2 rings (SSSR count). The van der Waals surface area contributed by atoms with Gasteiger partial charge in [0.05, 0.1) is 30.1 Å². The summed E-state index contributed by atoms with van der Waals surface area (Å²) in [6, 6.07) is 9.87. The van der Waals surface area contributed by atoms with E-state index in [4.69, 9.17) is 4.74 Å². The van der Waals surface area contributed by atoms with Crippen LogP contribution in [0.25, 0.3) is 0 Å². The summed E-state index contributed by atoms with van der Waals surface area (Å²) in [7, 11) is 1.34. The van der Waals surface area contributed by atoms with Crippen LogP contribution in [0, 0.1) is 21.8 Å². The van der Waals surface area contributed by atoms with Crippen LogP contribution in [0.4, 0.5) is 10.1 Å². The third-order valence-corrected chi connectivity index (χ3v) is 3.37. The SMILES string of the molecule is COC(=O)C(C)Cc1ccc(Oc2cc(F)cc([N+](=O)[O-])c2)cc1. The lowest BCUT2D eigenvalue weighted by molar-refractivity contribution is -0.385. The molecule has 0 saturated heterocycles. The van der Waals surface area contributed by atoms with Gasteiger partial charge in [-0.25, -0.2) is 4.39 Å². The first-order valence-corrected chi connectivity index (χ1v) is 7.18. The molecule has 7 heteroatoms. The molecule has 0 amide bonds. The van der Waals surface area contributed by atoms with Crippen molar-refractivity contribution in [1.82, 2.24) is 0 Å². The van der Waals surface area contributed by atoms with Crippen molar-refractivity contribution in [2.45, 2.75) is 13.3 Å². The number of nitrogens with zero attached hydrogens (tertiary/aromatic N) is 1. The second-order valence-corrected chi connectivity index (χ2v) is 5.28. The number of nitro benzene ring substituents is 1. The van der Waals surface area contributed by atoms with Crippen molar-refractivity contribution in [3.63, 3.8) is 0 Å². The molecule has 0 aliphatic carbocycles. The molecule has 0 spiro atoms. The van der Waals surface area contributed by atoms with E-state index in [1.54, 1.807) is 31.2 Å². The van der Waals surface area contributed by atoms with E-state index in [1.807, 2.05) is 0 Å². The summed E-state index contributed by atoms with van der Waals surface area (Å²) in [4.78, 5) is 21.4. The van der Waals surface area contributed by atoms with E-state index in [9.17, 15) is 19.3 Å². The number of methoxy groups -OCH3 is 1. The van der Waals surface area contributed by atoms with Gasteiger partial charge in [-0.3, -0.25) is 14.9 Å². The van der Waals surface area contributed by atoms with Crippen molar-refractivity contribution in [3.8, 4) is 11.5 Å². The monoisotopic (exact) mass is 333 g/mol. The Morgan fingerprint density at radius 1 is 1.21 bits per heavy atom. The molecular weight excluding hydrogens is 317 g/mol. The van der Waals surface area contributed by atoms with Gasteiger partial charge in [-0.05, 0) is 24.1 Å². The van der Waals surface area contributed by atoms with E-state index >= 15 is 0 Å². The second-order valence-electron chi connectivity index (χ2n) is 5.28. The molecule has 1 atom stereocenters. The lowest BCUT2D eigenvalue weighted by Crippen LogP contribution is -2.14. The summed E-state index contributed by atoms with van der Waals surface area (Å²) in [6.07, 6.45) is 0.512. The fraction of sp³-hybridized carbons (Fsp3) is 0.235. The van der Waals surface area contributed by atoms with Gasteiger partial charge < -0.3 is 9.47 Å². The molecule has 0 heterocycles. The molecule has 0 aromatic heterocycles. The summed E-state index contributed by atoms with van der Waals surface area (Å²) >= 11 is 0. The van der Waals surface area contributed by atoms with Gasteiger partial charge >= 0.3 is 5.97 Å². The van der Waals surface area contributed by atoms with Crippen molar-refractivity contribution in [3.05, 3.63) is 64.0 Å². The van der Waals surface area contributed by atoms with Gasteiger partial charge in [0.25, 0.3) is 5.69 Å². The smallest absolute Gasteiger partial charge is 0.308 e. The highest BCUT2D eigenvalue weighted by atomic mass is 19.1. The van der Waals surface area contributed by atoms with Crippen LogP contribution in [0.1, 0.15) is 12.5 Å². The van der Waals surface area contributed by atoms with Crippen molar-refractivity contribution in [2.24, 2.45) is 5.92 Å². The standard InChI is InChI=1S/C17H16FNO5/c1-11(17(20)23-2)7-12-3-5-15(6-4-12)24-16-9-13(18)8-14(10-16)19(21)22/h3-6,8-11H,7H2,1-2H3. The number of hydrogen-bond acceptors (Lipinski definition) is 5. The fourth-order valence-electron chi connectivity index (χ4n) is 2.18. The first kappa shape index (κ1) is 17.4. The van der Waals surface area contributed by atoms with Gasteiger partial charge in [0.2, 0.25) is 0 Å². The predicted octanol–water partition coefficient (Wildman–Crippen LogP) is 3.88. The van der Waals surface area contributed by atoms with Crippen LogP contribution in [0.3, 0.4) is 0 Å². The maximum Gasteiger partial charge on any atom is 0.308 e. The highest BCUT2D eigenvalue weighted by Crippen LogP contribution is 2.27. The number of non-ortho nitro benzene ring substituents is 1. The number of nitro groups is 1. The highest BCUT2D eigenvalue weighted by molar-refractivity contribution is 5.72. The lowest BCUT2D eigenvalue weighted by Gasteiger charge is -2.10. The second kappa shape index (κ2) is 7.54. The zero-order valence-electron chi connectivity index (χ0n) is 13.2. The van der Waals surface area contributed by atoms with Crippen molar-refractivity contribution in [2.75, 3.05) is 7.11 Å². The lowest BCUT2D eigenvalue weighted by atomic mass is 10.0. The minimum atomic E-state index is -0.747. The molecule has 6 nitrogen and oxygen atoms in total. The Labute approximate surface area is 138 Å². The summed E-state index contributed by atoms with van der Waals surface area (Å²) in [5.41, 5.74) is 0.527. The largest absolute Gasteiger partial charge is 0.469 e. The molecule has 2 aromatic rings. The third-order valence-electron chi connectivity index (χ3n) is 3.37. The van der Waals surface area contributed by atoms with E-state index in [0.29, 0.717) is 12.2 Å². The molecule has 1 unspecified atom stereocenters. The molecule has 0 radical (unpaired) electrons. The summed E-state index contributed by atoms with van der Waals surface area (Å²) in [5, 5.41) is 10.7. The number of rotatable bonds is 6. The molecular formula is C17H16FNO5. The Balaban J connectivity index is 2.09. The Morgan fingerprint density at radius 3 is 2.46 bits per heavy atom. The molecule has 0 bridgehead atoms. The molecule has 2 aromatic carbocycles. The molecule has 0 fully saturated rings. The van der Waals surface area contributed by atoms with E-state index in [0.717, 1.165) is 23.8 Å². The van der Waals surface area contributed by atoms with Gasteiger partial charge in [-0.2, -0.15) is 0 Å². The number of ether oxygens (including phenoxy) is 2. The number of halogens is 1. The van der Waals surface area contributed by atoms with Crippen molar-refractivity contribution in [1.29, 1.82) is 0 Å². The predicted molar refractivity (Wildman–Crippen MR) is 84.5 cm³/mol. The average Bonchev–Trinajstić information content (AvgIpc) is 2.55. The molecule has 0 aliphatic heterocycles. The number of benzene rings is 2. The summed E-state index contributed by atoms with van der Waals surface area (Å²) in [6.45, 7) is 1.77. The zero-order valence-corrected chi connectivity index (χ0v) is 13.2. The van der Waals surface area contributed by atoms with E-state index in [2.05, 4.69) is 4.74 Å². The Kier molecular flexibility index (Phi) is 5.47. The average molecular weight is 333 g/mol. The number of carbonyl (C=O) groups is 1. The first-order valence-electron chi connectivity index (χ1n) is 7.18. The maximum absolute atomic E-state index is 13.4. The van der Waals surface area contributed by atoms with Crippen LogP contribution in [-0.2, 0) is 16.0 Å². The first-order chi connectivity index (χ1) is 11.4. The number of hydrogen-bond donors (Lipinski definition) is 0. The van der Waals surface area contributed by atoms with E-state index in [1.165, 1.54) is 7.11 Å². The van der Waals surface area contributed by atoms with Crippen molar-refractivity contribution < 1.29 is 23.6 Å². The zero-order chi connectivity index (χ0) is 17.7. The molecule has 24 heavy (non-hydrogen) atoms. The van der Waals surface area contributed by atoms with Gasteiger partial charge in [0.1, 0.15) is 17.3 Å². The van der Waals surface area contributed by atoms with Crippen LogP contribution < -0.4 is 4.74 Å². The number of esters is 1. The molecule has 126 valence electrons. The van der Waals surface area contributed by atoms with Gasteiger partial charge in [0.15, 0.2) is 0 Å². The number of carbonyl (C=O) groups excluding carboxylic acids is 1. The van der Waals surface area contributed by atoms with Crippen LogP contribution in [0.5, 0.6) is 11.5 Å². The van der Waals surface area contributed by atoms with Gasteiger partial charge in [-0.1, -0.05) is 19.1 Å². The quantitative estimate of drug-likeness (QED) is 0.455. The van der Waals surface area contributed by atoms with E-state index < -0.39 is 10.7 Å². The maximum atomic E-state index is 13.4. The Bertz CT molecular complexity index is 745. The summed E-state index contributed by atoms with van der Waals surface area (Å²) < 4.78 is 23.5.